The van der Waals surface area contributed by atoms with Gasteiger partial charge in [-0.25, -0.2) is 4.98 Å². The molecule has 4 nitrogen and oxygen atoms in total. The van der Waals surface area contributed by atoms with Crippen LogP contribution in [0.5, 0.6) is 0 Å². The first kappa shape index (κ1) is 18.1. The fourth-order valence-electron chi connectivity index (χ4n) is 3.97. The molecule has 1 aromatic carbocycles. The quantitative estimate of drug-likeness (QED) is 0.591. The molecule has 5 heteroatoms. The second-order valence-corrected chi connectivity index (χ2v) is 8.58. The van der Waals surface area contributed by atoms with Crippen LogP contribution in [0, 0.1) is 11.3 Å². The minimum Gasteiger partial charge on any atom is -0.311 e. The Kier molecular flexibility index (Phi) is 5.18. The van der Waals surface area contributed by atoms with Gasteiger partial charge in [0.1, 0.15) is 11.1 Å². The standard InChI is InChI=1S/C22H23N3OS/c1-15(22(26)25-12-11-16-7-5-6-10-20(16)25)27-21-18(14-23)13-17-8-3-2-4-9-19(17)24-21/h5-7,10,13,15H,2-4,8-9,11-12H2,1H3. The summed E-state index contributed by atoms with van der Waals surface area (Å²) in [6.07, 6.45) is 6.39. The van der Waals surface area contributed by atoms with E-state index in [4.69, 9.17) is 4.98 Å². The molecular weight excluding hydrogens is 354 g/mol. The minimum absolute atomic E-state index is 0.0885. The number of fused-ring (bicyclic) bond motifs is 2. The lowest BCUT2D eigenvalue weighted by atomic mass is 10.1. The Morgan fingerprint density at radius 2 is 2.00 bits per heavy atom. The molecule has 0 bridgehead atoms. The fourth-order valence-corrected chi connectivity index (χ4v) is 4.92. The van der Waals surface area contributed by atoms with Crippen molar-refractivity contribution in [1.29, 1.82) is 5.26 Å². The van der Waals surface area contributed by atoms with Crippen molar-refractivity contribution in [3.8, 4) is 6.07 Å². The fraction of sp³-hybridized carbons (Fsp3) is 0.409. The van der Waals surface area contributed by atoms with Gasteiger partial charge in [-0.3, -0.25) is 4.79 Å². The van der Waals surface area contributed by atoms with Gasteiger partial charge in [-0.1, -0.05) is 36.4 Å². The number of carbonyl (C=O) groups is 1. The van der Waals surface area contributed by atoms with E-state index in [-0.39, 0.29) is 11.2 Å². The van der Waals surface area contributed by atoms with E-state index in [0.29, 0.717) is 10.6 Å². The van der Waals surface area contributed by atoms with E-state index in [1.165, 1.54) is 29.3 Å². The number of carbonyl (C=O) groups excluding carboxylic acids is 1. The molecule has 1 unspecified atom stereocenters. The molecule has 2 aliphatic rings. The average Bonchev–Trinajstić information content (AvgIpc) is 2.98. The van der Waals surface area contributed by atoms with Gasteiger partial charge in [0.05, 0.1) is 10.8 Å². The lowest BCUT2D eigenvalue weighted by molar-refractivity contribution is -0.117. The van der Waals surface area contributed by atoms with Crippen molar-refractivity contribution in [2.24, 2.45) is 0 Å². The molecule has 0 saturated heterocycles. The van der Waals surface area contributed by atoms with Crippen LogP contribution in [0.25, 0.3) is 0 Å². The van der Waals surface area contributed by atoms with E-state index < -0.39 is 0 Å². The van der Waals surface area contributed by atoms with Crippen LogP contribution < -0.4 is 4.90 Å². The van der Waals surface area contributed by atoms with Gasteiger partial charge in [0.15, 0.2) is 0 Å². The summed E-state index contributed by atoms with van der Waals surface area (Å²) < 4.78 is 0. The molecule has 0 spiro atoms. The number of thioether (sulfide) groups is 1. The summed E-state index contributed by atoms with van der Waals surface area (Å²) in [4.78, 5) is 19.7. The molecule has 1 aliphatic heterocycles. The summed E-state index contributed by atoms with van der Waals surface area (Å²) in [5.41, 5.74) is 5.16. The average molecular weight is 378 g/mol. The van der Waals surface area contributed by atoms with Gasteiger partial charge < -0.3 is 4.90 Å². The molecule has 27 heavy (non-hydrogen) atoms. The van der Waals surface area contributed by atoms with Gasteiger partial charge in [-0.05, 0) is 62.3 Å². The molecule has 2 heterocycles. The Hall–Kier alpha value is -2.32. The summed E-state index contributed by atoms with van der Waals surface area (Å²) in [6.45, 7) is 2.65. The number of anilines is 1. The van der Waals surface area contributed by atoms with E-state index in [1.807, 2.05) is 36.1 Å². The van der Waals surface area contributed by atoms with Crippen LogP contribution in [0.4, 0.5) is 5.69 Å². The van der Waals surface area contributed by atoms with Crippen LogP contribution in [0.15, 0.2) is 35.4 Å². The molecule has 2 aromatic rings. The van der Waals surface area contributed by atoms with E-state index in [0.717, 1.165) is 50.0 Å². The highest BCUT2D eigenvalue weighted by Crippen LogP contribution is 2.33. The van der Waals surface area contributed by atoms with Crippen molar-refractivity contribution in [3.63, 3.8) is 0 Å². The molecule has 0 fully saturated rings. The third-order valence-electron chi connectivity index (χ3n) is 5.43. The van der Waals surface area contributed by atoms with Crippen LogP contribution in [0.1, 0.15) is 48.6 Å². The number of hydrogen-bond acceptors (Lipinski definition) is 4. The number of nitriles is 1. The van der Waals surface area contributed by atoms with Crippen molar-refractivity contribution in [3.05, 3.63) is 52.7 Å². The number of hydrogen-bond donors (Lipinski definition) is 0. The van der Waals surface area contributed by atoms with Crippen molar-refractivity contribution in [2.45, 2.75) is 55.7 Å². The normalized spacial score (nSPS) is 16.8. The molecular formula is C22H23N3OS. The van der Waals surface area contributed by atoms with Crippen molar-refractivity contribution in [1.82, 2.24) is 4.98 Å². The van der Waals surface area contributed by atoms with Gasteiger partial charge in [0, 0.05) is 17.9 Å². The maximum absolute atomic E-state index is 13.1. The van der Waals surface area contributed by atoms with Crippen LogP contribution in [-0.4, -0.2) is 22.7 Å². The minimum atomic E-state index is -0.278. The lowest BCUT2D eigenvalue weighted by Crippen LogP contribution is -2.35. The van der Waals surface area contributed by atoms with E-state index >= 15 is 0 Å². The SMILES string of the molecule is CC(Sc1nc2c(cc1C#N)CCCCC2)C(=O)N1CCc2ccccc21. The summed E-state index contributed by atoms with van der Waals surface area (Å²) in [5, 5.41) is 10.0. The third-order valence-corrected chi connectivity index (χ3v) is 6.52. The molecule has 0 radical (unpaired) electrons. The van der Waals surface area contributed by atoms with E-state index in [1.54, 1.807) is 0 Å². The van der Waals surface area contributed by atoms with Gasteiger partial charge >= 0.3 is 0 Å². The number of pyridine rings is 1. The van der Waals surface area contributed by atoms with Crippen molar-refractivity contribution < 1.29 is 4.79 Å². The zero-order valence-electron chi connectivity index (χ0n) is 15.6. The third kappa shape index (κ3) is 3.59. The second kappa shape index (κ2) is 7.74. The Morgan fingerprint density at radius 1 is 1.19 bits per heavy atom. The maximum Gasteiger partial charge on any atom is 0.240 e. The molecule has 1 amide bonds. The smallest absolute Gasteiger partial charge is 0.240 e. The molecule has 1 aromatic heterocycles. The van der Waals surface area contributed by atoms with Gasteiger partial charge in [-0.2, -0.15) is 5.26 Å². The number of benzene rings is 1. The van der Waals surface area contributed by atoms with Crippen molar-refractivity contribution >= 4 is 23.4 Å². The topological polar surface area (TPSA) is 57.0 Å². The molecule has 0 saturated carbocycles. The number of para-hydroxylation sites is 1. The molecule has 1 aliphatic carbocycles. The summed E-state index contributed by atoms with van der Waals surface area (Å²) in [6, 6.07) is 12.4. The number of amides is 1. The maximum atomic E-state index is 13.1. The first-order valence-corrected chi connectivity index (χ1v) is 10.5. The van der Waals surface area contributed by atoms with Crippen molar-refractivity contribution in [2.75, 3.05) is 11.4 Å². The number of aryl methyl sites for hydroxylation is 2. The summed E-state index contributed by atoms with van der Waals surface area (Å²) >= 11 is 1.42. The van der Waals surface area contributed by atoms with Crippen LogP contribution in [0.3, 0.4) is 0 Å². The second-order valence-electron chi connectivity index (χ2n) is 7.25. The Labute approximate surface area is 164 Å². The van der Waals surface area contributed by atoms with Crippen LogP contribution >= 0.6 is 11.8 Å². The molecule has 138 valence electrons. The highest BCUT2D eigenvalue weighted by atomic mass is 32.2. The zero-order chi connectivity index (χ0) is 18.8. The number of aromatic nitrogens is 1. The first-order chi connectivity index (χ1) is 13.2. The zero-order valence-corrected chi connectivity index (χ0v) is 16.4. The Balaban J connectivity index is 1.56. The predicted molar refractivity (Wildman–Crippen MR) is 108 cm³/mol. The van der Waals surface area contributed by atoms with E-state index in [2.05, 4.69) is 12.1 Å². The largest absolute Gasteiger partial charge is 0.311 e. The molecule has 0 N–H and O–H groups in total. The first-order valence-electron chi connectivity index (χ1n) is 9.66. The lowest BCUT2D eigenvalue weighted by Gasteiger charge is -2.21. The molecule has 1 atom stereocenters. The summed E-state index contributed by atoms with van der Waals surface area (Å²) in [5.74, 6) is 0.0885. The number of rotatable bonds is 3. The number of nitrogens with zero attached hydrogens (tertiary/aromatic N) is 3. The van der Waals surface area contributed by atoms with Gasteiger partial charge in [-0.15, -0.1) is 0 Å². The van der Waals surface area contributed by atoms with Crippen LogP contribution in [-0.2, 0) is 24.1 Å². The highest BCUT2D eigenvalue weighted by Gasteiger charge is 2.29. The van der Waals surface area contributed by atoms with Gasteiger partial charge in [0.25, 0.3) is 0 Å². The predicted octanol–water partition coefficient (Wildman–Crippen LogP) is 4.29. The monoisotopic (exact) mass is 377 g/mol. The Morgan fingerprint density at radius 3 is 2.85 bits per heavy atom. The van der Waals surface area contributed by atoms with E-state index in [9.17, 15) is 10.1 Å². The summed E-state index contributed by atoms with van der Waals surface area (Å²) in [7, 11) is 0. The highest BCUT2D eigenvalue weighted by molar-refractivity contribution is 8.00. The Bertz CT molecular complexity index is 918. The van der Waals surface area contributed by atoms with Gasteiger partial charge in [0.2, 0.25) is 5.91 Å². The van der Waals surface area contributed by atoms with Crippen LogP contribution in [0.2, 0.25) is 0 Å². The molecule has 4 rings (SSSR count).